The van der Waals surface area contributed by atoms with Crippen molar-refractivity contribution in [2.24, 2.45) is 5.92 Å². The molecule has 3 heteroatoms. The first-order chi connectivity index (χ1) is 8.11. The zero-order valence-electron chi connectivity index (χ0n) is 11.6. The van der Waals surface area contributed by atoms with Crippen LogP contribution in [-0.2, 0) is 4.74 Å². The van der Waals surface area contributed by atoms with Crippen molar-refractivity contribution in [2.75, 3.05) is 13.2 Å². The van der Waals surface area contributed by atoms with E-state index in [1.807, 2.05) is 13.8 Å². The van der Waals surface area contributed by atoms with Crippen LogP contribution in [0.1, 0.15) is 52.9 Å². The van der Waals surface area contributed by atoms with Crippen molar-refractivity contribution in [3.63, 3.8) is 0 Å². The number of rotatable bonds is 7. The van der Waals surface area contributed by atoms with Gasteiger partial charge in [0.1, 0.15) is 0 Å². The van der Waals surface area contributed by atoms with Gasteiger partial charge in [-0.15, -0.1) is 0 Å². The largest absolute Gasteiger partial charge is 0.389 e. The van der Waals surface area contributed by atoms with Gasteiger partial charge in [-0.2, -0.15) is 0 Å². The van der Waals surface area contributed by atoms with Gasteiger partial charge < -0.3 is 15.2 Å². The van der Waals surface area contributed by atoms with Crippen LogP contribution in [0.3, 0.4) is 0 Å². The fraction of sp³-hybridized carbons (Fsp3) is 1.00. The van der Waals surface area contributed by atoms with Crippen molar-refractivity contribution in [2.45, 2.75) is 71.1 Å². The van der Waals surface area contributed by atoms with E-state index < -0.39 is 0 Å². The topological polar surface area (TPSA) is 41.5 Å². The van der Waals surface area contributed by atoms with Gasteiger partial charge in [0.05, 0.1) is 18.8 Å². The number of aliphatic hydroxyl groups excluding tert-OH is 1. The summed E-state index contributed by atoms with van der Waals surface area (Å²) in [4.78, 5) is 0. The van der Waals surface area contributed by atoms with E-state index in [4.69, 9.17) is 4.74 Å². The molecule has 0 aromatic carbocycles. The predicted molar refractivity (Wildman–Crippen MR) is 71.1 cm³/mol. The first kappa shape index (κ1) is 14.9. The Labute approximate surface area is 106 Å². The number of hydrogen-bond acceptors (Lipinski definition) is 3. The van der Waals surface area contributed by atoms with Gasteiger partial charge in [-0.05, 0) is 32.6 Å². The zero-order valence-corrected chi connectivity index (χ0v) is 11.6. The second-order valence-corrected chi connectivity index (χ2v) is 5.58. The van der Waals surface area contributed by atoms with E-state index in [1.165, 1.54) is 32.1 Å². The molecule has 1 fully saturated rings. The van der Waals surface area contributed by atoms with Gasteiger partial charge in [0.25, 0.3) is 0 Å². The molecule has 0 heterocycles. The zero-order chi connectivity index (χ0) is 12.7. The molecule has 3 atom stereocenters. The molecule has 0 aliphatic heterocycles. The molecule has 0 radical (unpaired) electrons. The summed E-state index contributed by atoms with van der Waals surface area (Å²) < 4.78 is 5.40. The maximum atomic E-state index is 9.76. The Balaban J connectivity index is 2.12. The number of ether oxygens (including phenoxy) is 1. The molecule has 1 aliphatic rings. The molecule has 0 aromatic heterocycles. The normalized spacial score (nSPS) is 27.4. The molecular weight excluding hydrogens is 214 g/mol. The van der Waals surface area contributed by atoms with Gasteiger partial charge in [0.2, 0.25) is 0 Å². The van der Waals surface area contributed by atoms with Crippen LogP contribution in [0.2, 0.25) is 0 Å². The summed E-state index contributed by atoms with van der Waals surface area (Å²) in [5, 5.41) is 13.2. The smallest absolute Gasteiger partial charge is 0.0897 e. The molecule has 1 rings (SSSR count). The predicted octanol–water partition coefficient (Wildman–Crippen LogP) is 2.33. The van der Waals surface area contributed by atoms with Crippen LogP contribution in [0, 0.1) is 5.92 Å². The van der Waals surface area contributed by atoms with E-state index in [9.17, 15) is 5.11 Å². The van der Waals surface area contributed by atoms with Gasteiger partial charge >= 0.3 is 0 Å². The third-order valence-electron chi connectivity index (χ3n) is 3.62. The van der Waals surface area contributed by atoms with E-state index in [1.54, 1.807) is 0 Å². The summed E-state index contributed by atoms with van der Waals surface area (Å²) >= 11 is 0. The van der Waals surface area contributed by atoms with Crippen LogP contribution in [0.4, 0.5) is 0 Å². The Morgan fingerprint density at radius 1 is 1.35 bits per heavy atom. The second-order valence-electron chi connectivity index (χ2n) is 5.58. The van der Waals surface area contributed by atoms with Gasteiger partial charge in [-0.25, -0.2) is 0 Å². The summed E-state index contributed by atoms with van der Waals surface area (Å²) in [5.41, 5.74) is 0. The first-order valence-corrected chi connectivity index (χ1v) is 7.14. The van der Waals surface area contributed by atoms with E-state index in [0.717, 1.165) is 5.92 Å². The molecule has 3 unspecified atom stereocenters. The van der Waals surface area contributed by atoms with Crippen molar-refractivity contribution in [3.8, 4) is 0 Å². The van der Waals surface area contributed by atoms with Gasteiger partial charge in [0, 0.05) is 12.6 Å². The van der Waals surface area contributed by atoms with Crippen molar-refractivity contribution in [1.82, 2.24) is 5.32 Å². The minimum atomic E-state index is -0.376. The van der Waals surface area contributed by atoms with Gasteiger partial charge in [-0.3, -0.25) is 0 Å². The highest BCUT2D eigenvalue weighted by Crippen LogP contribution is 2.26. The molecule has 0 spiro atoms. The Bertz CT molecular complexity index is 197. The second kappa shape index (κ2) is 8.06. The van der Waals surface area contributed by atoms with Crippen molar-refractivity contribution in [1.29, 1.82) is 0 Å². The maximum Gasteiger partial charge on any atom is 0.0897 e. The highest BCUT2D eigenvalue weighted by atomic mass is 16.5. The molecule has 3 nitrogen and oxygen atoms in total. The summed E-state index contributed by atoms with van der Waals surface area (Å²) in [5.74, 6) is 0.880. The van der Waals surface area contributed by atoms with E-state index >= 15 is 0 Å². The minimum absolute atomic E-state index is 0.198. The number of hydrogen-bond donors (Lipinski definition) is 2. The first-order valence-electron chi connectivity index (χ1n) is 7.14. The third-order valence-corrected chi connectivity index (χ3v) is 3.62. The molecular formula is C14H29NO2. The van der Waals surface area contributed by atoms with E-state index in [-0.39, 0.29) is 12.2 Å². The van der Waals surface area contributed by atoms with Crippen LogP contribution in [0.15, 0.2) is 0 Å². The number of nitrogens with one attached hydrogen (secondary N) is 1. The quantitative estimate of drug-likeness (QED) is 0.721. The summed E-state index contributed by atoms with van der Waals surface area (Å²) in [7, 11) is 0. The SMILES string of the molecule is CCC1CCCC(NCC(O)COC(C)C)C1. The van der Waals surface area contributed by atoms with Crippen LogP contribution >= 0.6 is 0 Å². The molecule has 0 bridgehead atoms. The molecule has 2 N–H and O–H groups in total. The number of aliphatic hydroxyl groups is 1. The molecule has 17 heavy (non-hydrogen) atoms. The van der Waals surface area contributed by atoms with Gasteiger partial charge in [0.15, 0.2) is 0 Å². The Hall–Kier alpha value is -0.120. The Morgan fingerprint density at radius 3 is 2.76 bits per heavy atom. The fourth-order valence-corrected chi connectivity index (χ4v) is 2.51. The van der Waals surface area contributed by atoms with E-state index in [2.05, 4.69) is 12.2 Å². The molecule has 1 aliphatic carbocycles. The van der Waals surface area contributed by atoms with Crippen LogP contribution in [0.5, 0.6) is 0 Å². The lowest BCUT2D eigenvalue weighted by atomic mass is 9.84. The Morgan fingerprint density at radius 2 is 2.12 bits per heavy atom. The summed E-state index contributed by atoms with van der Waals surface area (Å²) in [6.07, 6.45) is 6.35. The van der Waals surface area contributed by atoms with Crippen LogP contribution in [0.25, 0.3) is 0 Å². The Kier molecular flexibility index (Phi) is 7.09. The highest BCUT2D eigenvalue weighted by Gasteiger charge is 2.20. The fourth-order valence-electron chi connectivity index (χ4n) is 2.51. The maximum absolute atomic E-state index is 9.76. The van der Waals surface area contributed by atoms with Crippen molar-refractivity contribution >= 4 is 0 Å². The lowest BCUT2D eigenvalue weighted by Crippen LogP contribution is -2.40. The highest BCUT2D eigenvalue weighted by molar-refractivity contribution is 4.78. The summed E-state index contributed by atoms with van der Waals surface area (Å²) in [6.45, 7) is 7.36. The molecule has 0 amide bonds. The van der Waals surface area contributed by atoms with Crippen LogP contribution in [-0.4, -0.2) is 36.5 Å². The summed E-state index contributed by atoms with van der Waals surface area (Å²) in [6, 6.07) is 0.599. The average Bonchev–Trinajstić information content (AvgIpc) is 2.34. The lowest BCUT2D eigenvalue weighted by molar-refractivity contribution is 0.00473. The average molecular weight is 243 g/mol. The van der Waals surface area contributed by atoms with Gasteiger partial charge in [-0.1, -0.05) is 26.2 Å². The minimum Gasteiger partial charge on any atom is -0.389 e. The molecule has 102 valence electrons. The monoisotopic (exact) mass is 243 g/mol. The molecule has 0 aromatic rings. The molecule has 1 saturated carbocycles. The van der Waals surface area contributed by atoms with Crippen molar-refractivity contribution < 1.29 is 9.84 Å². The lowest BCUT2D eigenvalue weighted by Gasteiger charge is -2.30. The van der Waals surface area contributed by atoms with Crippen LogP contribution < -0.4 is 5.32 Å². The third kappa shape index (κ3) is 6.39. The standard InChI is InChI=1S/C14H29NO2/c1-4-12-6-5-7-13(8-12)15-9-14(16)10-17-11(2)3/h11-16H,4-10H2,1-3H3. The molecule has 0 saturated heterocycles. The van der Waals surface area contributed by atoms with E-state index in [0.29, 0.717) is 19.2 Å². The van der Waals surface area contributed by atoms with Crippen molar-refractivity contribution in [3.05, 3.63) is 0 Å².